The molecule has 2 aliphatic heterocycles. The number of carbonyl (C=O) groups excluding carboxylic acids is 2. The highest BCUT2D eigenvalue weighted by Gasteiger charge is 2.52. The Bertz CT molecular complexity index is 1780. The van der Waals surface area contributed by atoms with Gasteiger partial charge in [0, 0.05) is 35.5 Å². The molecule has 9 rings (SSSR count). The van der Waals surface area contributed by atoms with Crippen LogP contribution in [0, 0.1) is 24.1 Å². The van der Waals surface area contributed by atoms with Gasteiger partial charge in [-0.2, -0.15) is 5.10 Å². The minimum atomic E-state index is -0.491. The molecule has 10 heteroatoms. The summed E-state index contributed by atoms with van der Waals surface area (Å²) in [5.41, 5.74) is 5.86. The largest absolute Gasteiger partial charge is 0.496 e. The molecule has 4 aliphatic carbocycles. The van der Waals surface area contributed by atoms with Gasteiger partial charge in [0.15, 0.2) is 0 Å². The van der Waals surface area contributed by atoms with E-state index in [0.717, 1.165) is 81.2 Å². The average molecular weight is 685 g/mol. The second kappa shape index (κ2) is 12.7. The molecular weight excluding hydrogens is 635 g/mol. The van der Waals surface area contributed by atoms with Crippen LogP contribution in [0.5, 0.6) is 5.75 Å². The summed E-state index contributed by atoms with van der Waals surface area (Å²) in [6.45, 7) is 5.38. The smallest absolute Gasteiger partial charge is 0.410 e. The first-order valence-corrected chi connectivity index (χ1v) is 18.5. The molecule has 2 bridgehead atoms. The number of aryl methyl sites for hydroxylation is 1. The third-order valence-corrected chi connectivity index (χ3v) is 13.0. The quantitative estimate of drug-likeness (QED) is 0.268. The van der Waals surface area contributed by atoms with Crippen molar-refractivity contribution in [3.05, 3.63) is 65.2 Å². The van der Waals surface area contributed by atoms with Crippen molar-refractivity contribution < 1.29 is 28.6 Å². The Morgan fingerprint density at radius 2 is 1.78 bits per heavy atom. The number of anilines is 1. The van der Waals surface area contributed by atoms with Crippen molar-refractivity contribution in [2.24, 2.45) is 11.3 Å². The Labute approximate surface area is 293 Å². The summed E-state index contributed by atoms with van der Waals surface area (Å²) in [7, 11) is 1.72. The van der Waals surface area contributed by atoms with Crippen molar-refractivity contribution in [1.82, 2.24) is 14.7 Å². The molecule has 1 saturated heterocycles. The Morgan fingerprint density at radius 1 is 1.06 bits per heavy atom. The van der Waals surface area contributed by atoms with E-state index in [1.54, 1.807) is 18.0 Å². The standard InChI is InChI=1S/C40H49FN4O5/c1-25-18-28(8-11-34(25)49-3)40-15-12-39(13-16-40,14-17-40)24-44-33-10-9-32(41)35(36(33)30-6-4-5-7-31(30)37(44)47)27-19-42-45(20-27)26(2)23-50-38(48)43-21-29(46)22-43/h8-11,18-20,26,29-31,46H,4-7,12-17,21-24H2,1-3H3/t26?,30?,31-,39?,40?/m0/s1. The molecule has 50 heavy (non-hydrogen) atoms. The molecular formula is C40H49FN4O5. The number of aromatic nitrogens is 2. The van der Waals surface area contributed by atoms with Gasteiger partial charge in [-0.3, -0.25) is 9.48 Å². The van der Waals surface area contributed by atoms with Gasteiger partial charge < -0.3 is 24.4 Å². The van der Waals surface area contributed by atoms with Gasteiger partial charge in [0.2, 0.25) is 5.91 Å². The maximum absolute atomic E-state index is 16.1. The maximum atomic E-state index is 16.1. The first kappa shape index (κ1) is 33.2. The summed E-state index contributed by atoms with van der Waals surface area (Å²) in [5, 5.41) is 14.1. The zero-order valence-corrected chi connectivity index (χ0v) is 29.5. The van der Waals surface area contributed by atoms with E-state index in [1.807, 2.05) is 19.2 Å². The molecule has 2 aromatic carbocycles. The summed E-state index contributed by atoms with van der Waals surface area (Å²) in [5.74, 6) is 0.670. The molecule has 3 aromatic rings. The number of halogens is 1. The highest BCUT2D eigenvalue weighted by atomic mass is 19.1. The molecule has 4 saturated carbocycles. The molecule has 6 aliphatic rings. The fourth-order valence-electron chi connectivity index (χ4n) is 9.89. The van der Waals surface area contributed by atoms with E-state index in [9.17, 15) is 14.7 Å². The average Bonchev–Trinajstić information content (AvgIpc) is 3.61. The second-order valence-corrected chi connectivity index (χ2v) is 15.9. The van der Waals surface area contributed by atoms with E-state index < -0.39 is 12.2 Å². The fraction of sp³-hybridized carbons (Fsp3) is 0.575. The van der Waals surface area contributed by atoms with Crippen molar-refractivity contribution in [3.63, 3.8) is 0 Å². The third-order valence-electron chi connectivity index (χ3n) is 13.0. The Balaban J connectivity index is 1.06. The fourth-order valence-corrected chi connectivity index (χ4v) is 9.89. The van der Waals surface area contributed by atoms with Crippen LogP contribution in [0.2, 0.25) is 0 Å². The molecule has 1 N–H and O–H groups in total. The number of likely N-dealkylation sites (tertiary alicyclic amines) is 1. The number of aliphatic hydroxyl groups excluding tert-OH is 1. The highest BCUT2D eigenvalue weighted by Crippen LogP contribution is 2.60. The van der Waals surface area contributed by atoms with E-state index in [0.29, 0.717) is 17.7 Å². The van der Waals surface area contributed by atoms with Gasteiger partial charge >= 0.3 is 6.09 Å². The van der Waals surface area contributed by atoms with Crippen LogP contribution in [-0.2, 0) is 14.9 Å². The number of hydrogen-bond donors (Lipinski definition) is 1. The minimum absolute atomic E-state index is 0.0250. The predicted octanol–water partition coefficient (Wildman–Crippen LogP) is 7.29. The van der Waals surface area contributed by atoms with E-state index in [4.69, 9.17) is 9.47 Å². The van der Waals surface area contributed by atoms with Crippen molar-refractivity contribution in [2.75, 3.05) is 38.3 Å². The van der Waals surface area contributed by atoms with E-state index in [1.165, 1.54) is 22.1 Å². The lowest BCUT2D eigenvalue weighted by Gasteiger charge is -2.56. The summed E-state index contributed by atoms with van der Waals surface area (Å²) in [6.07, 6.45) is 12.9. The van der Waals surface area contributed by atoms with Crippen LogP contribution in [0.4, 0.5) is 14.9 Å². The summed E-state index contributed by atoms with van der Waals surface area (Å²) < 4.78 is 28.8. The van der Waals surface area contributed by atoms with Gasteiger partial charge in [0.05, 0.1) is 38.5 Å². The molecule has 1 aromatic heterocycles. The van der Waals surface area contributed by atoms with Crippen molar-refractivity contribution >= 4 is 17.7 Å². The molecule has 0 radical (unpaired) electrons. The molecule has 266 valence electrons. The Kier molecular flexibility index (Phi) is 8.44. The molecule has 3 heterocycles. The third kappa shape index (κ3) is 5.58. The van der Waals surface area contributed by atoms with Crippen molar-refractivity contribution in [2.45, 2.75) is 102 Å². The first-order valence-electron chi connectivity index (χ1n) is 18.5. The molecule has 2 unspecified atom stereocenters. The topological polar surface area (TPSA) is 97.1 Å². The Hall–Kier alpha value is -3.92. The van der Waals surface area contributed by atoms with Crippen LogP contribution in [0.25, 0.3) is 11.1 Å². The maximum Gasteiger partial charge on any atom is 0.410 e. The SMILES string of the molecule is COc1ccc(C23CCC(CN4C(=O)[C@H]5CCCCC5c5c4ccc(F)c5-c4cnn(C(C)COC(=O)N5CC(O)C5)c4)(CC2)CC3)cc1C. The lowest BCUT2D eigenvalue weighted by Crippen LogP contribution is -2.53. The van der Waals surface area contributed by atoms with Gasteiger partial charge in [0.1, 0.15) is 18.2 Å². The van der Waals surface area contributed by atoms with Gasteiger partial charge in [0.25, 0.3) is 0 Å². The number of ether oxygens (including phenoxy) is 2. The summed E-state index contributed by atoms with van der Waals surface area (Å²) in [4.78, 5) is 30.3. The molecule has 0 spiro atoms. The van der Waals surface area contributed by atoms with E-state index >= 15 is 4.39 Å². The number of aliphatic hydroxyl groups is 1. The number of β-amino-alcohol motifs (C(OH)–C–C–N with tert-alkyl or cyclic N) is 1. The van der Waals surface area contributed by atoms with Crippen LogP contribution in [0.3, 0.4) is 0 Å². The van der Waals surface area contributed by atoms with Crippen LogP contribution < -0.4 is 9.64 Å². The zero-order chi connectivity index (χ0) is 34.8. The normalized spacial score (nSPS) is 28.1. The zero-order valence-electron chi connectivity index (χ0n) is 29.5. The van der Waals surface area contributed by atoms with Gasteiger partial charge in [-0.05, 0) is 117 Å². The minimum Gasteiger partial charge on any atom is -0.496 e. The molecule has 9 nitrogen and oxygen atoms in total. The molecule has 2 amide bonds. The van der Waals surface area contributed by atoms with Gasteiger partial charge in [-0.25, -0.2) is 9.18 Å². The number of nitrogens with zero attached hydrogens (tertiary/aromatic N) is 4. The number of hydrogen-bond acceptors (Lipinski definition) is 6. The van der Waals surface area contributed by atoms with E-state index in [-0.39, 0.29) is 60.1 Å². The Morgan fingerprint density at radius 3 is 2.46 bits per heavy atom. The van der Waals surface area contributed by atoms with Gasteiger partial charge in [-0.15, -0.1) is 0 Å². The number of fused-ring (bicyclic) bond motifs is 6. The summed E-state index contributed by atoms with van der Waals surface area (Å²) in [6, 6.07) is 9.78. The van der Waals surface area contributed by atoms with Crippen LogP contribution in [-0.4, -0.2) is 71.2 Å². The predicted molar refractivity (Wildman–Crippen MR) is 188 cm³/mol. The van der Waals surface area contributed by atoms with Crippen LogP contribution in [0.1, 0.15) is 99.8 Å². The van der Waals surface area contributed by atoms with Crippen molar-refractivity contribution in [1.29, 1.82) is 0 Å². The number of benzene rings is 2. The number of amides is 2. The molecule has 5 fully saturated rings. The van der Waals surface area contributed by atoms with Gasteiger partial charge in [-0.1, -0.05) is 25.0 Å². The number of rotatable bonds is 8. The van der Waals surface area contributed by atoms with Crippen molar-refractivity contribution in [3.8, 4) is 16.9 Å². The number of methoxy groups -OCH3 is 1. The lowest BCUT2D eigenvalue weighted by molar-refractivity contribution is -0.125. The first-order chi connectivity index (χ1) is 24.1. The number of carbonyl (C=O) groups is 2. The highest BCUT2D eigenvalue weighted by molar-refractivity contribution is 6.01. The lowest BCUT2D eigenvalue weighted by atomic mass is 9.51. The van der Waals surface area contributed by atoms with Crippen LogP contribution >= 0.6 is 0 Å². The monoisotopic (exact) mass is 684 g/mol. The van der Waals surface area contributed by atoms with E-state index in [2.05, 4.69) is 35.1 Å². The molecule has 3 atom stereocenters. The summed E-state index contributed by atoms with van der Waals surface area (Å²) >= 11 is 0. The second-order valence-electron chi connectivity index (χ2n) is 15.9. The van der Waals surface area contributed by atoms with Crippen LogP contribution in [0.15, 0.2) is 42.7 Å².